The molecule has 4 heterocycles. The molecule has 3 N–H and O–H groups in total. The minimum atomic E-state index is -1.31. The minimum Gasteiger partial charge on any atom is -0.361 e. The Morgan fingerprint density at radius 3 is 2.47 bits per heavy atom. The monoisotopic (exact) mass is 540 g/mol. The van der Waals surface area contributed by atoms with E-state index >= 15 is 0 Å². The van der Waals surface area contributed by atoms with Crippen molar-refractivity contribution in [3.63, 3.8) is 0 Å². The first-order valence-corrected chi connectivity index (χ1v) is 12.7. The summed E-state index contributed by atoms with van der Waals surface area (Å²) in [6.07, 6.45) is 2.44. The van der Waals surface area contributed by atoms with Crippen LogP contribution >= 0.6 is 15.9 Å². The molecule has 4 aromatic rings. The van der Waals surface area contributed by atoms with E-state index in [1.807, 2.05) is 54.7 Å². The number of aromatic nitrogens is 1. The van der Waals surface area contributed by atoms with E-state index in [0.717, 1.165) is 20.9 Å². The highest BCUT2D eigenvalue weighted by atomic mass is 79.9. The van der Waals surface area contributed by atoms with Gasteiger partial charge in [0.15, 0.2) is 0 Å². The summed E-state index contributed by atoms with van der Waals surface area (Å²) in [5.41, 5.74) is 2.62. The Bertz CT molecular complexity index is 1580. The Hall–Kier alpha value is -3.75. The molecule has 2 fully saturated rings. The Morgan fingerprint density at radius 2 is 1.64 bits per heavy atom. The smallest absolute Gasteiger partial charge is 0.250 e. The summed E-state index contributed by atoms with van der Waals surface area (Å²) in [5, 5.41) is 7.54. The van der Waals surface area contributed by atoms with Gasteiger partial charge in [-0.25, -0.2) is 4.90 Å². The van der Waals surface area contributed by atoms with Crippen LogP contribution in [0.1, 0.15) is 11.1 Å². The van der Waals surface area contributed by atoms with Crippen molar-refractivity contribution in [2.45, 2.75) is 18.0 Å². The van der Waals surface area contributed by atoms with Crippen molar-refractivity contribution in [2.24, 2.45) is 11.8 Å². The van der Waals surface area contributed by atoms with Crippen LogP contribution in [-0.2, 0) is 26.3 Å². The molecule has 4 atom stereocenters. The first-order chi connectivity index (χ1) is 17.5. The van der Waals surface area contributed by atoms with Gasteiger partial charge >= 0.3 is 0 Å². The molecule has 0 bridgehead atoms. The van der Waals surface area contributed by atoms with Crippen LogP contribution in [0.15, 0.2) is 83.5 Å². The summed E-state index contributed by atoms with van der Waals surface area (Å²) in [6.45, 7) is 0. The van der Waals surface area contributed by atoms with Gasteiger partial charge in [0, 0.05) is 38.9 Å². The Balaban J connectivity index is 1.37. The fourth-order valence-corrected chi connectivity index (χ4v) is 6.58. The topological polar surface area (TPSA) is 94.3 Å². The number of aromatic amines is 1. The number of hydrogen-bond acceptors (Lipinski definition) is 4. The molecular formula is C28H21BrN4O3. The molecule has 0 radical (unpaired) electrons. The number of amides is 3. The first-order valence-electron chi connectivity index (χ1n) is 11.9. The molecule has 36 heavy (non-hydrogen) atoms. The van der Waals surface area contributed by atoms with E-state index in [2.05, 4.69) is 31.5 Å². The number of H-pyrrole nitrogens is 1. The predicted octanol–water partition coefficient (Wildman–Crippen LogP) is 4.10. The lowest BCUT2D eigenvalue weighted by molar-refractivity contribution is -0.130. The van der Waals surface area contributed by atoms with E-state index in [-0.39, 0.29) is 17.7 Å². The van der Waals surface area contributed by atoms with Crippen molar-refractivity contribution >= 4 is 55.9 Å². The molecule has 7 nitrogen and oxygen atoms in total. The molecule has 2 saturated heterocycles. The van der Waals surface area contributed by atoms with Gasteiger partial charge in [-0.15, -0.1) is 0 Å². The summed E-state index contributed by atoms with van der Waals surface area (Å²) in [6, 6.07) is 22.1. The Kier molecular flexibility index (Phi) is 4.56. The number of halogens is 1. The van der Waals surface area contributed by atoms with Crippen molar-refractivity contribution in [3.05, 3.63) is 94.6 Å². The van der Waals surface area contributed by atoms with Gasteiger partial charge in [-0.1, -0.05) is 52.3 Å². The van der Waals surface area contributed by atoms with Gasteiger partial charge in [0.1, 0.15) is 5.54 Å². The second-order valence-corrected chi connectivity index (χ2v) is 10.5. The minimum absolute atomic E-state index is 0.279. The number of nitrogens with one attached hydrogen (secondary N) is 3. The van der Waals surface area contributed by atoms with Gasteiger partial charge in [-0.05, 0) is 48.4 Å². The number of hydrogen-bond donors (Lipinski definition) is 3. The van der Waals surface area contributed by atoms with Gasteiger partial charge in [-0.3, -0.25) is 19.7 Å². The zero-order valence-electron chi connectivity index (χ0n) is 19.0. The zero-order chi connectivity index (χ0) is 24.6. The predicted molar refractivity (Wildman–Crippen MR) is 139 cm³/mol. The van der Waals surface area contributed by atoms with Crippen molar-refractivity contribution in [1.82, 2.24) is 10.3 Å². The van der Waals surface area contributed by atoms with E-state index in [1.54, 1.807) is 24.3 Å². The quantitative estimate of drug-likeness (QED) is 0.341. The molecular weight excluding hydrogens is 520 g/mol. The van der Waals surface area contributed by atoms with Gasteiger partial charge in [0.05, 0.1) is 17.5 Å². The molecule has 3 aromatic carbocycles. The van der Waals surface area contributed by atoms with Crippen LogP contribution in [0.25, 0.3) is 10.9 Å². The van der Waals surface area contributed by atoms with E-state index in [9.17, 15) is 14.4 Å². The van der Waals surface area contributed by atoms with E-state index in [1.165, 1.54) is 4.90 Å². The standard InChI is InChI=1S/C28H21BrN4O3/c29-16-9-11-17(12-10-16)33-25(34)23-22(13-15-14-30-20-7-3-1-5-18(15)20)32-28(24(23)26(33)35)19-6-2-4-8-21(19)31-27(28)36/h1-12,14,22-24,30,32H,13H2,(H,31,36). The van der Waals surface area contributed by atoms with Crippen molar-refractivity contribution in [1.29, 1.82) is 0 Å². The third kappa shape index (κ3) is 2.79. The lowest BCUT2D eigenvalue weighted by atomic mass is 9.76. The summed E-state index contributed by atoms with van der Waals surface area (Å²) in [4.78, 5) is 46.2. The normalized spacial score (nSPS) is 26.6. The Morgan fingerprint density at radius 1 is 0.889 bits per heavy atom. The summed E-state index contributed by atoms with van der Waals surface area (Å²) in [7, 11) is 0. The molecule has 178 valence electrons. The average molecular weight is 541 g/mol. The molecule has 8 heteroatoms. The van der Waals surface area contributed by atoms with Gasteiger partial charge in [0.2, 0.25) is 17.7 Å². The second-order valence-electron chi connectivity index (χ2n) is 9.61. The molecule has 0 aliphatic carbocycles. The molecule has 0 saturated carbocycles. The molecule has 4 unspecified atom stereocenters. The van der Waals surface area contributed by atoms with Crippen LogP contribution in [0.2, 0.25) is 0 Å². The van der Waals surface area contributed by atoms with Crippen molar-refractivity contribution in [3.8, 4) is 0 Å². The van der Waals surface area contributed by atoms with Crippen LogP contribution in [0.5, 0.6) is 0 Å². The molecule has 3 aliphatic heterocycles. The summed E-state index contributed by atoms with van der Waals surface area (Å²) in [5.74, 6) is -2.47. The highest BCUT2D eigenvalue weighted by Gasteiger charge is 2.70. The van der Waals surface area contributed by atoms with Crippen LogP contribution in [0.4, 0.5) is 11.4 Å². The van der Waals surface area contributed by atoms with Crippen molar-refractivity contribution < 1.29 is 14.4 Å². The van der Waals surface area contributed by atoms with Crippen LogP contribution in [0, 0.1) is 11.8 Å². The largest absolute Gasteiger partial charge is 0.361 e. The van der Waals surface area contributed by atoms with Crippen molar-refractivity contribution in [2.75, 3.05) is 10.2 Å². The number of rotatable bonds is 3. The maximum absolute atomic E-state index is 14.0. The Labute approximate surface area is 215 Å². The lowest BCUT2D eigenvalue weighted by Crippen LogP contribution is -2.53. The maximum Gasteiger partial charge on any atom is 0.250 e. The van der Waals surface area contributed by atoms with Gasteiger partial charge in [0.25, 0.3) is 0 Å². The number of carbonyl (C=O) groups is 3. The molecule has 7 rings (SSSR count). The summed E-state index contributed by atoms with van der Waals surface area (Å²) < 4.78 is 0.852. The third-order valence-corrected chi connectivity index (χ3v) is 8.35. The highest BCUT2D eigenvalue weighted by Crippen LogP contribution is 2.54. The zero-order valence-corrected chi connectivity index (χ0v) is 20.6. The number of carbonyl (C=O) groups excluding carboxylic acids is 3. The van der Waals surface area contributed by atoms with Gasteiger partial charge in [-0.2, -0.15) is 0 Å². The summed E-state index contributed by atoms with van der Waals surface area (Å²) >= 11 is 3.42. The second kappa shape index (κ2) is 7.62. The molecule has 1 spiro atoms. The fraction of sp³-hybridized carbons (Fsp3) is 0.179. The number of nitrogens with zero attached hydrogens (tertiary/aromatic N) is 1. The average Bonchev–Trinajstić information content (AvgIpc) is 3.59. The highest BCUT2D eigenvalue weighted by molar-refractivity contribution is 9.10. The number of anilines is 2. The number of para-hydroxylation sites is 2. The fourth-order valence-electron chi connectivity index (χ4n) is 6.32. The number of benzene rings is 3. The van der Waals surface area contributed by atoms with E-state index in [0.29, 0.717) is 23.4 Å². The van der Waals surface area contributed by atoms with Crippen LogP contribution < -0.4 is 15.5 Å². The molecule has 1 aromatic heterocycles. The van der Waals surface area contributed by atoms with E-state index in [4.69, 9.17) is 0 Å². The molecule has 3 amide bonds. The third-order valence-electron chi connectivity index (χ3n) is 7.82. The lowest BCUT2D eigenvalue weighted by Gasteiger charge is -2.29. The maximum atomic E-state index is 14.0. The number of fused-ring (bicyclic) bond motifs is 5. The SMILES string of the molecule is O=C1C2C(Cc3c[nH]c4ccccc34)NC3(C(=O)Nc4ccccc43)C2C(=O)N1c1ccc(Br)cc1. The number of imide groups is 1. The molecule has 3 aliphatic rings. The van der Waals surface area contributed by atoms with Gasteiger partial charge < -0.3 is 10.3 Å². The van der Waals surface area contributed by atoms with Crippen LogP contribution in [-0.4, -0.2) is 28.7 Å². The van der Waals surface area contributed by atoms with Crippen LogP contribution in [0.3, 0.4) is 0 Å². The first kappa shape index (κ1) is 21.5. The van der Waals surface area contributed by atoms with E-state index < -0.39 is 23.4 Å².